The fourth-order valence-corrected chi connectivity index (χ4v) is 3.62. The quantitative estimate of drug-likeness (QED) is 0.577. The number of piperidine rings is 1. The third-order valence-electron chi connectivity index (χ3n) is 5.25. The molecule has 0 spiro atoms. The van der Waals surface area contributed by atoms with Gasteiger partial charge in [-0.2, -0.15) is 0 Å². The van der Waals surface area contributed by atoms with Crippen molar-refractivity contribution in [2.24, 2.45) is 5.92 Å². The highest BCUT2D eigenvalue weighted by Crippen LogP contribution is 2.20. The van der Waals surface area contributed by atoms with Gasteiger partial charge in [0.25, 0.3) is 0 Å². The topological polar surface area (TPSA) is 69.6 Å². The van der Waals surface area contributed by atoms with Crippen LogP contribution < -0.4 is 5.32 Å². The van der Waals surface area contributed by atoms with Crippen molar-refractivity contribution in [3.05, 3.63) is 61.2 Å². The summed E-state index contributed by atoms with van der Waals surface area (Å²) in [4.78, 5) is 26.6. The molecule has 0 bridgehead atoms. The second-order valence-corrected chi connectivity index (χ2v) is 7.59. The zero-order valence-electron chi connectivity index (χ0n) is 16.6. The molecular weight excluding hydrogens is 352 g/mol. The van der Waals surface area contributed by atoms with Crippen LogP contribution in [0.15, 0.2) is 55.6 Å². The molecule has 28 heavy (non-hydrogen) atoms. The largest absolute Gasteiger partial charge is 0.387 e. The summed E-state index contributed by atoms with van der Waals surface area (Å²) >= 11 is 0. The number of hydrogen-bond acceptors (Lipinski definition) is 3. The Kier molecular flexibility index (Phi) is 8.45. The molecule has 152 valence electrons. The number of carbonyl (C=O) groups excluding carboxylic acids is 2. The van der Waals surface area contributed by atoms with Crippen LogP contribution in [0.2, 0.25) is 0 Å². The Morgan fingerprint density at radius 2 is 1.93 bits per heavy atom. The highest BCUT2D eigenvalue weighted by atomic mass is 16.3. The Morgan fingerprint density at radius 3 is 2.57 bits per heavy atom. The number of amides is 2. The molecule has 0 radical (unpaired) electrons. The first kappa shape index (κ1) is 21.9. The van der Waals surface area contributed by atoms with Crippen molar-refractivity contribution in [3.63, 3.8) is 0 Å². The lowest BCUT2D eigenvalue weighted by molar-refractivity contribution is -0.138. The minimum atomic E-state index is -1.06. The van der Waals surface area contributed by atoms with E-state index in [9.17, 15) is 14.7 Å². The van der Waals surface area contributed by atoms with Gasteiger partial charge in [-0.25, -0.2) is 0 Å². The number of aliphatic hydroxyl groups is 1. The number of hydrogen-bond donors (Lipinski definition) is 2. The summed E-state index contributed by atoms with van der Waals surface area (Å²) < 4.78 is 0. The van der Waals surface area contributed by atoms with Gasteiger partial charge in [0.2, 0.25) is 11.8 Å². The van der Waals surface area contributed by atoms with Gasteiger partial charge in [-0.1, -0.05) is 42.5 Å². The van der Waals surface area contributed by atoms with Crippen LogP contribution in [-0.4, -0.2) is 47.1 Å². The van der Waals surface area contributed by atoms with Gasteiger partial charge in [0.1, 0.15) is 0 Å². The number of nitrogens with zero attached hydrogens (tertiary/aromatic N) is 1. The molecule has 1 aromatic rings. The van der Waals surface area contributed by atoms with E-state index in [2.05, 4.69) is 30.6 Å². The van der Waals surface area contributed by atoms with E-state index in [4.69, 9.17) is 0 Å². The molecule has 5 nitrogen and oxygen atoms in total. The van der Waals surface area contributed by atoms with E-state index in [1.54, 1.807) is 17.1 Å². The lowest BCUT2D eigenvalue weighted by Gasteiger charge is -2.33. The van der Waals surface area contributed by atoms with Gasteiger partial charge in [-0.3, -0.25) is 9.59 Å². The second-order valence-electron chi connectivity index (χ2n) is 7.59. The highest BCUT2D eigenvalue weighted by molar-refractivity contribution is 5.83. The molecular formula is C23H32N2O3. The zero-order valence-corrected chi connectivity index (χ0v) is 16.6. The molecule has 1 fully saturated rings. The van der Waals surface area contributed by atoms with Crippen molar-refractivity contribution >= 4 is 11.8 Å². The van der Waals surface area contributed by atoms with Crippen LogP contribution in [0.3, 0.4) is 0 Å². The van der Waals surface area contributed by atoms with E-state index >= 15 is 0 Å². The van der Waals surface area contributed by atoms with Crippen molar-refractivity contribution in [2.75, 3.05) is 19.6 Å². The molecule has 2 amide bonds. The highest BCUT2D eigenvalue weighted by Gasteiger charge is 2.31. The molecule has 0 aliphatic carbocycles. The van der Waals surface area contributed by atoms with Crippen molar-refractivity contribution in [1.82, 2.24) is 10.2 Å². The molecule has 2 rings (SSSR count). The summed E-state index contributed by atoms with van der Waals surface area (Å²) in [7, 11) is 0. The summed E-state index contributed by atoms with van der Waals surface area (Å²) in [5.41, 5.74) is 0.198. The van der Waals surface area contributed by atoms with Gasteiger partial charge in [0.05, 0.1) is 11.5 Å². The molecule has 1 saturated heterocycles. The first-order valence-corrected chi connectivity index (χ1v) is 10.0. The number of carbonyl (C=O) groups is 2. The van der Waals surface area contributed by atoms with E-state index < -0.39 is 5.60 Å². The summed E-state index contributed by atoms with van der Waals surface area (Å²) in [6.07, 6.45) is 6.79. The molecule has 0 saturated carbocycles. The van der Waals surface area contributed by atoms with Crippen LogP contribution >= 0.6 is 0 Å². The molecule has 1 aliphatic rings. The predicted octanol–water partition coefficient (Wildman–Crippen LogP) is 2.86. The SMILES string of the molecule is C=CCC(O)(CC=C)CNC(=O)[C@@H]1CCC(=O)N(CCCc2ccccc2)C1. The maximum Gasteiger partial charge on any atom is 0.225 e. The van der Waals surface area contributed by atoms with Gasteiger partial charge in [-0.15, -0.1) is 13.2 Å². The zero-order chi connectivity index (χ0) is 20.4. The smallest absolute Gasteiger partial charge is 0.225 e. The van der Waals surface area contributed by atoms with Crippen molar-refractivity contribution in [1.29, 1.82) is 0 Å². The average Bonchev–Trinajstić information content (AvgIpc) is 2.69. The monoisotopic (exact) mass is 384 g/mol. The van der Waals surface area contributed by atoms with Crippen molar-refractivity contribution < 1.29 is 14.7 Å². The lowest BCUT2D eigenvalue weighted by atomic mass is 9.93. The van der Waals surface area contributed by atoms with Crippen molar-refractivity contribution in [2.45, 2.75) is 44.1 Å². The van der Waals surface area contributed by atoms with Crippen LogP contribution in [0.1, 0.15) is 37.7 Å². The van der Waals surface area contributed by atoms with Crippen LogP contribution in [0.5, 0.6) is 0 Å². The minimum Gasteiger partial charge on any atom is -0.387 e. The molecule has 1 aliphatic heterocycles. The Labute approximate surface area is 168 Å². The van der Waals surface area contributed by atoms with E-state index in [-0.39, 0.29) is 24.3 Å². The van der Waals surface area contributed by atoms with Gasteiger partial charge in [-0.05, 0) is 37.7 Å². The van der Waals surface area contributed by atoms with Gasteiger partial charge >= 0.3 is 0 Å². The predicted molar refractivity (Wildman–Crippen MR) is 112 cm³/mol. The summed E-state index contributed by atoms with van der Waals surface area (Å²) in [6, 6.07) is 10.2. The van der Waals surface area contributed by atoms with Crippen LogP contribution in [0.4, 0.5) is 0 Å². The minimum absolute atomic E-state index is 0.105. The van der Waals surface area contributed by atoms with Crippen LogP contribution in [0.25, 0.3) is 0 Å². The lowest BCUT2D eigenvalue weighted by Crippen LogP contribution is -2.49. The molecule has 5 heteroatoms. The number of rotatable bonds is 11. The molecule has 1 heterocycles. The van der Waals surface area contributed by atoms with E-state index in [0.29, 0.717) is 38.8 Å². The number of nitrogens with one attached hydrogen (secondary N) is 1. The average molecular weight is 385 g/mol. The fraction of sp³-hybridized carbons (Fsp3) is 0.478. The third kappa shape index (κ3) is 6.64. The fourth-order valence-electron chi connectivity index (χ4n) is 3.62. The summed E-state index contributed by atoms with van der Waals surface area (Å²) in [6.45, 7) is 8.59. The summed E-state index contributed by atoms with van der Waals surface area (Å²) in [5.74, 6) is -0.217. The Balaban J connectivity index is 1.83. The van der Waals surface area contributed by atoms with Crippen LogP contribution in [-0.2, 0) is 16.0 Å². The first-order valence-electron chi connectivity index (χ1n) is 10.0. The van der Waals surface area contributed by atoms with Gasteiger partial charge in [0, 0.05) is 26.1 Å². The Bertz CT molecular complexity index is 662. The first-order chi connectivity index (χ1) is 13.5. The second kappa shape index (κ2) is 10.8. The van der Waals surface area contributed by atoms with Gasteiger partial charge in [0.15, 0.2) is 0 Å². The number of aryl methyl sites for hydroxylation is 1. The number of likely N-dealkylation sites (tertiary alicyclic amines) is 1. The standard InChI is InChI=1S/C23H32N2O3/c1-3-14-23(28,15-4-2)18-24-22(27)20-12-13-21(26)25(17-20)16-8-11-19-9-6-5-7-10-19/h3-7,9-10,20,28H,1-2,8,11-18H2,(H,24,27)/t20-/m1/s1. The van der Waals surface area contributed by atoms with E-state index in [0.717, 1.165) is 12.8 Å². The maximum atomic E-state index is 12.6. The molecule has 1 aromatic carbocycles. The van der Waals surface area contributed by atoms with E-state index in [1.165, 1.54) is 5.56 Å². The maximum absolute atomic E-state index is 12.6. The van der Waals surface area contributed by atoms with E-state index in [1.807, 2.05) is 18.2 Å². The molecule has 1 atom stereocenters. The number of benzene rings is 1. The Hall–Kier alpha value is -2.40. The van der Waals surface area contributed by atoms with Crippen molar-refractivity contribution in [3.8, 4) is 0 Å². The molecule has 0 unspecified atom stereocenters. The normalized spacial score (nSPS) is 17.2. The molecule has 2 N–H and O–H groups in total. The summed E-state index contributed by atoms with van der Waals surface area (Å²) in [5, 5.41) is 13.4. The van der Waals surface area contributed by atoms with Crippen LogP contribution in [0, 0.1) is 5.92 Å². The Morgan fingerprint density at radius 1 is 1.25 bits per heavy atom. The van der Waals surface area contributed by atoms with Gasteiger partial charge < -0.3 is 15.3 Å². The molecule has 0 aromatic heterocycles. The third-order valence-corrected chi connectivity index (χ3v) is 5.25.